The number of benzene rings is 1. The molecular formula is C22H26ClFN2O4. The predicted octanol–water partition coefficient (Wildman–Crippen LogP) is 4.54. The minimum Gasteiger partial charge on any atom is -0.473 e. The summed E-state index contributed by atoms with van der Waals surface area (Å²) in [6, 6.07) is 9.67. The molecule has 0 aliphatic carbocycles. The number of pyridine rings is 1. The van der Waals surface area contributed by atoms with Crippen LogP contribution in [0, 0.1) is 5.82 Å². The second kappa shape index (κ2) is 9.18. The first kappa shape index (κ1) is 22.3. The van der Waals surface area contributed by atoms with E-state index in [0.29, 0.717) is 35.1 Å². The number of likely N-dealkylation sites (tertiary alicyclic amines) is 1. The summed E-state index contributed by atoms with van der Waals surface area (Å²) in [6.07, 6.45) is -0.666. The van der Waals surface area contributed by atoms with E-state index in [-0.39, 0.29) is 19.1 Å². The molecule has 0 radical (unpaired) electrons. The number of carbonyl (C=O) groups is 1. The summed E-state index contributed by atoms with van der Waals surface area (Å²) in [5, 5.41) is 10.9. The van der Waals surface area contributed by atoms with Crippen LogP contribution in [0.5, 0.6) is 5.88 Å². The van der Waals surface area contributed by atoms with Crippen molar-refractivity contribution in [1.82, 2.24) is 9.88 Å². The second-order valence-corrected chi connectivity index (χ2v) is 8.75. The number of hydrogen-bond acceptors (Lipinski definition) is 5. The van der Waals surface area contributed by atoms with Crippen LogP contribution in [0.15, 0.2) is 36.4 Å². The Morgan fingerprint density at radius 1 is 1.33 bits per heavy atom. The Hall–Kier alpha value is -2.38. The molecule has 8 heteroatoms. The van der Waals surface area contributed by atoms with Gasteiger partial charge in [0.25, 0.3) is 0 Å². The van der Waals surface area contributed by atoms with Gasteiger partial charge in [-0.3, -0.25) is 0 Å². The maximum Gasteiger partial charge on any atom is 0.410 e. The summed E-state index contributed by atoms with van der Waals surface area (Å²) < 4.78 is 24.9. The van der Waals surface area contributed by atoms with Crippen molar-refractivity contribution in [3.63, 3.8) is 0 Å². The first-order valence-electron chi connectivity index (χ1n) is 9.82. The fraction of sp³-hybridized carbons (Fsp3) is 0.455. The quantitative estimate of drug-likeness (QED) is 0.761. The van der Waals surface area contributed by atoms with Gasteiger partial charge in [0.15, 0.2) is 0 Å². The van der Waals surface area contributed by atoms with Gasteiger partial charge in [0.05, 0.1) is 18.3 Å². The van der Waals surface area contributed by atoms with Gasteiger partial charge in [0.2, 0.25) is 5.88 Å². The van der Waals surface area contributed by atoms with Crippen molar-refractivity contribution in [3.05, 3.63) is 58.5 Å². The smallest absolute Gasteiger partial charge is 0.410 e. The van der Waals surface area contributed by atoms with Crippen LogP contribution in [0.2, 0.25) is 5.02 Å². The Balaban J connectivity index is 1.62. The van der Waals surface area contributed by atoms with Crippen LogP contribution in [0.1, 0.15) is 44.4 Å². The van der Waals surface area contributed by atoms with Gasteiger partial charge in [0.1, 0.15) is 18.0 Å². The highest BCUT2D eigenvalue weighted by atomic mass is 35.5. The van der Waals surface area contributed by atoms with Crippen LogP contribution in [-0.2, 0) is 11.3 Å². The van der Waals surface area contributed by atoms with Crippen molar-refractivity contribution in [2.45, 2.75) is 51.4 Å². The predicted molar refractivity (Wildman–Crippen MR) is 111 cm³/mol. The maximum absolute atomic E-state index is 13.9. The standard InChI is InChI=1S/C22H26ClFN2O4/c1-22(2,3)30-21(28)26-10-9-16(19(27)12-26)18-5-4-6-20(25-18)29-13-14-7-8-15(23)11-17(14)24/h4-8,11,16,19,27H,9-10,12-13H2,1-3H3/t16-,19-/m0/s1. The number of rotatable bonds is 4. The number of aliphatic hydroxyl groups is 1. The first-order chi connectivity index (χ1) is 14.1. The average Bonchev–Trinajstić information content (AvgIpc) is 2.66. The molecule has 2 atom stereocenters. The topological polar surface area (TPSA) is 71.9 Å². The minimum atomic E-state index is -0.775. The molecule has 1 aromatic heterocycles. The van der Waals surface area contributed by atoms with Crippen LogP contribution in [-0.4, -0.2) is 45.9 Å². The summed E-state index contributed by atoms with van der Waals surface area (Å²) in [5.41, 5.74) is 0.452. The van der Waals surface area contributed by atoms with Gasteiger partial charge in [-0.05, 0) is 45.4 Å². The third-order valence-electron chi connectivity index (χ3n) is 4.75. The molecule has 0 saturated carbocycles. The zero-order valence-corrected chi connectivity index (χ0v) is 18.0. The van der Waals surface area contributed by atoms with E-state index in [2.05, 4.69) is 4.98 Å². The van der Waals surface area contributed by atoms with Crippen LogP contribution in [0.3, 0.4) is 0 Å². The van der Waals surface area contributed by atoms with Gasteiger partial charge >= 0.3 is 6.09 Å². The third kappa shape index (κ3) is 5.83. The molecule has 2 heterocycles. The molecular weight excluding hydrogens is 411 g/mol. The lowest BCUT2D eigenvalue weighted by molar-refractivity contribution is -0.00196. The fourth-order valence-corrected chi connectivity index (χ4v) is 3.44. The van der Waals surface area contributed by atoms with Crippen LogP contribution in [0.4, 0.5) is 9.18 Å². The number of amides is 1. The molecule has 1 saturated heterocycles. The Labute approximate surface area is 180 Å². The maximum atomic E-state index is 13.9. The monoisotopic (exact) mass is 436 g/mol. The summed E-state index contributed by atoms with van der Waals surface area (Å²) in [6.45, 7) is 6.05. The molecule has 30 heavy (non-hydrogen) atoms. The third-order valence-corrected chi connectivity index (χ3v) is 4.98. The molecule has 3 rings (SSSR count). The van der Waals surface area contributed by atoms with E-state index in [4.69, 9.17) is 21.1 Å². The highest BCUT2D eigenvalue weighted by Crippen LogP contribution is 2.29. The highest BCUT2D eigenvalue weighted by molar-refractivity contribution is 6.30. The van der Waals surface area contributed by atoms with Gasteiger partial charge in [-0.15, -0.1) is 0 Å². The number of nitrogens with zero attached hydrogens (tertiary/aromatic N) is 2. The number of β-amino-alcohol motifs (C(OH)–C–C–N with tert-alkyl or cyclic N) is 1. The van der Waals surface area contributed by atoms with Crippen LogP contribution < -0.4 is 4.74 Å². The Morgan fingerprint density at radius 2 is 2.10 bits per heavy atom. The summed E-state index contributed by atoms with van der Waals surface area (Å²) in [5.74, 6) is -0.341. The van der Waals surface area contributed by atoms with E-state index < -0.39 is 23.6 Å². The molecule has 1 amide bonds. The summed E-state index contributed by atoms with van der Waals surface area (Å²) >= 11 is 5.77. The number of ether oxygens (including phenoxy) is 2. The molecule has 1 N–H and O–H groups in total. The molecule has 1 aliphatic heterocycles. The number of piperidine rings is 1. The highest BCUT2D eigenvalue weighted by Gasteiger charge is 2.34. The zero-order valence-electron chi connectivity index (χ0n) is 17.3. The van der Waals surface area contributed by atoms with E-state index in [1.54, 1.807) is 45.0 Å². The van der Waals surface area contributed by atoms with E-state index in [1.807, 2.05) is 6.07 Å². The van der Waals surface area contributed by atoms with Gasteiger partial charge in [-0.25, -0.2) is 14.2 Å². The van der Waals surface area contributed by atoms with Crippen molar-refractivity contribution in [2.24, 2.45) is 0 Å². The molecule has 0 unspecified atom stereocenters. The van der Waals surface area contributed by atoms with Crippen molar-refractivity contribution < 1.29 is 23.8 Å². The average molecular weight is 437 g/mol. The number of aromatic nitrogens is 1. The van der Waals surface area contributed by atoms with Crippen molar-refractivity contribution in [1.29, 1.82) is 0 Å². The minimum absolute atomic E-state index is 0.0130. The largest absolute Gasteiger partial charge is 0.473 e. The molecule has 6 nitrogen and oxygen atoms in total. The Kier molecular flexibility index (Phi) is 6.83. The molecule has 162 valence electrons. The van der Waals surface area contributed by atoms with E-state index in [9.17, 15) is 14.3 Å². The lowest BCUT2D eigenvalue weighted by atomic mass is 9.90. The number of carbonyl (C=O) groups excluding carboxylic acids is 1. The van der Waals surface area contributed by atoms with Gasteiger partial charge < -0.3 is 19.5 Å². The van der Waals surface area contributed by atoms with E-state index in [0.717, 1.165) is 0 Å². The summed E-state index contributed by atoms with van der Waals surface area (Å²) in [7, 11) is 0. The number of halogens is 2. The number of aliphatic hydroxyl groups excluding tert-OH is 1. The number of hydrogen-bond donors (Lipinski definition) is 1. The zero-order chi connectivity index (χ0) is 21.9. The molecule has 1 aromatic carbocycles. The second-order valence-electron chi connectivity index (χ2n) is 8.31. The van der Waals surface area contributed by atoms with E-state index in [1.165, 1.54) is 11.0 Å². The van der Waals surface area contributed by atoms with Crippen molar-refractivity contribution >= 4 is 17.7 Å². The molecule has 0 bridgehead atoms. The lowest BCUT2D eigenvalue weighted by Gasteiger charge is -2.36. The van der Waals surface area contributed by atoms with Crippen molar-refractivity contribution in [3.8, 4) is 5.88 Å². The summed E-state index contributed by atoms with van der Waals surface area (Å²) in [4.78, 5) is 18.2. The SMILES string of the molecule is CC(C)(C)OC(=O)N1CC[C@@H](c2cccc(OCc3ccc(Cl)cc3F)n2)[C@@H](O)C1. The van der Waals surface area contributed by atoms with Crippen molar-refractivity contribution in [2.75, 3.05) is 13.1 Å². The van der Waals surface area contributed by atoms with Gasteiger partial charge in [0, 0.05) is 29.1 Å². The molecule has 0 spiro atoms. The molecule has 1 aliphatic rings. The van der Waals surface area contributed by atoms with E-state index >= 15 is 0 Å². The van der Waals surface area contributed by atoms with Gasteiger partial charge in [-0.1, -0.05) is 23.7 Å². The fourth-order valence-electron chi connectivity index (χ4n) is 3.28. The molecule has 1 fully saturated rings. The van der Waals surface area contributed by atoms with Crippen LogP contribution >= 0.6 is 11.6 Å². The van der Waals surface area contributed by atoms with Gasteiger partial charge in [-0.2, -0.15) is 0 Å². The molecule has 2 aromatic rings. The Morgan fingerprint density at radius 3 is 2.77 bits per heavy atom. The normalized spacial score (nSPS) is 19.5. The Bertz CT molecular complexity index is 903. The van der Waals surface area contributed by atoms with Crippen LogP contribution in [0.25, 0.3) is 0 Å². The lowest BCUT2D eigenvalue weighted by Crippen LogP contribution is -2.47. The first-order valence-corrected chi connectivity index (χ1v) is 10.2.